The zero-order valence-electron chi connectivity index (χ0n) is 15.9. The van der Waals surface area contributed by atoms with Gasteiger partial charge in [-0.2, -0.15) is 0 Å². The first-order valence-corrected chi connectivity index (χ1v) is 9.14. The van der Waals surface area contributed by atoms with Gasteiger partial charge in [0.2, 0.25) is 0 Å². The Balaban J connectivity index is 2.07. The van der Waals surface area contributed by atoms with Crippen LogP contribution in [-0.2, 0) is 9.59 Å². The van der Waals surface area contributed by atoms with Crippen LogP contribution in [0, 0.1) is 5.82 Å². The van der Waals surface area contributed by atoms with Crippen LogP contribution >= 0.6 is 0 Å². The largest absolute Gasteiger partial charge is 0.507 e. The number of nitrogens with zero attached hydrogens (tertiary/aromatic N) is 2. The predicted octanol–water partition coefficient (Wildman–Crippen LogP) is 3.20. The molecule has 1 fully saturated rings. The smallest absolute Gasteiger partial charge is 0.295 e. The van der Waals surface area contributed by atoms with E-state index < -0.39 is 23.5 Å². The zero-order chi connectivity index (χ0) is 20.3. The molecule has 0 bridgehead atoms. The van der Waals surface area contributed by atoms with E-state index in [1.54, 1.807) is 42.5 Å². The van der Waals surface area contributed by atoms with Gasteiger partial charge in [0.05, 0.1) is 11.6 Å². The highest BCUT2D eigenvalue weighted by molar-refractivity contribution is 6.46. The third-order valence-electron chi connectivity index (χ3n) is 4.78. The average Bonchev–Trinajstić information content (AvgIpc) is 2.93. The monoisotopic (exact) mass is 382 g/mol. The Morgan fingerprint density at radius 1 is 1.07 bits per heavy atom. The van der Waals surface area contributed by atoms with Crippen LogP contribution in [-0.4, -0.2) is 53.8 Å². The highest BCUT2D eigenvalue weighted by atomic mass is 19.1. The molecule has 1 saturated heterocycles. The minimum atomic E-state index is -0.747. The summed E-state index contributed by atoms with van der Waals surface area (Å²) in [4.78, 5) is 29.0. The zero-order valence-corrected chi connectivity index (χ0v) is 15.9. The van der Waals surface area contributed by atoms with Gasteiger partial charge in [0.15, 0.2) is 0 Å². The van der Waals surface area contributed by atoms with Gasteiger partial charge in [0.1, 0.15) is 11.6 Å². The number of aliphatic hydroxyl groups is 1. The molecule has 0 unspecified atom stereocenters. The van der Waals surface area contributed by atoms with E-state index in [1.165, 1.54) is 17.0 Å². The Morgan fingerprint density at radius 2 is 1.71 bits per heavy atom. The number of carbonyl (C=O) groups is 2. The first-order chi connectivity index (χ1) is 13.4. The van der Waals surface area contributed by atoms with Crippen molar-refractivity contribution < 1.29 is 19.1 Å². The van der Waals surface area contributed by atoms with E-state index in [-0.39, 0.29) is 11.3 Å². The van der Waals surface area contributed by atoms with Crippen LogP contribution in [0.25, 0.3) is 5.76 Å². The molecule has 0 spiro atoms. The number of aliphatic hydroxyl groups excluding tert-OH is 1. The van der Waals surface area contributed by atoms with Crippen LogP contribution < -0.4 is 0 Å². The lowest BCUT2D eigenvalue weighted by atomic mass is 9.95. The van der Waals surface area contributed by atoms with Gasteiger partial charge in [-0.3, -0.25) is 9.59 Å². The van der Waals surface area contributed by atoms with E-state index in [4.69, 9.17) is 0 Å². The van der Waals surface area contributed by atoms with Crippen LogP contribution in [0.2, 0.25) is 0 Å². The van der Waals surface area contributed by atoms with Crippen LogP contribution in [0.1, 0.15) is 23.6 Å². The van der Waals surface area contributed by atoms with Gasteiger partial charge in [-0.25, -0.2) is 4.39 Å². The number of benzene rings is 2. The Hall–Kier alpha value is -2.99. The average molecular weight is 382 g/mol. The number of amides is 1. The van der Waals surface area contributed by atoms with Gasteiger partial charge in [-0.1, -0.05) is 42.5 Å². The number of hydrogen-bond donors (Lipinski definition) is 1. The molecule has 2 aromatic carbocycles. The number of hydrogen-bond acceptors (Lipinski definition) is 4. The summed E-state index contributed by atoms with van der Waals surface area (Å²) in [6.07, 6.45) is 0.670. The third kappa shape index (κ3) is 3.97. The Morgan fingerprint density at radius 3 is 2.32 bits per heavy atom. The van der Waals surface area contributed by atoms with Gasteiger partial charge in [0.25, 0.3) is 11.7 Å². The maximum atomic E-state index is 13.4. The molecule has 1 atom stereocenters. The Kier molecular flexibility index (Phi) is 5.90. The van der Waals surface area contributed by atoms with Crippen molar-refractivity contribution >= 4 is 17.4 Å². The number of likely N-dealkylation sites (tertiary alicyclic amines) is 1. The summed E-state index contributed by atoms with van der Waals surface area (Å²) < 4.78 is 13.4. The Labute approximate surface area is 163 Å². The predicted molar refractivity (Wildman–Crippen MR) is 105 cm³/mol. The Bertz CT molecular complexity index is 892. The summed E-state index contributed by atoms with van der Waals surface area (Å²) >= 11 is 0. The van der Waals surface area contributed by atoms with Crippen molar-refractivity contribution in [3.8, 4) is 0 Å². The molecule has 28 heavy (non-hydrogen) atoms. The van der Waals surface area contributed by atoms with E-state index in [9.17, 15) is 19.1 Å². The second-order valence-corrected chi connectivity index (χ2v) is 7.07. The standard InChI is InChI=1S/C22H23FN2O3/c1-24(2)13-6-14-25-19(15-9-11-17(23)12-10-15)18(21(27)22(25)28)20(26)16-7-4-3-5-8-16/h3-5,7-12,19,26H,6,13-14H2,1-2H3/b20-18+/t19-/m1/s1. The molecule has 1 amide bonds. The minimum Gasteiger partial charge on any atom is -0.507 e. The van der Waals surface area contributed by atoms with E-state index >= 15 is 0 Å². The lowest BCUT2D eigenvalue weighted by Crippen LogP contribution is -2.32. The fourth-order valence-electron chi connectivity index (χ4n) is 3.41. The molecular formula is C22H23FN2O3. The first-order valence-electron chi connectivity index (χ1n) is 9.14. The number of carbonyl (C=O) groups excluding carboxylic acids is 2. The second-order valence-electron chi connectivity index (χ2n) is 7.07. The van der Waals surface area contributed by atoms with Crippen LogP contribution in [0.4, 0.5) is 4.39 Å². The van der Waals surface area contributed by atoms with E-state index in [2.05, 4.69) is 0 Å². The second kappa shape index (κ2) is 8.35. The summed E-state index contributed by atoms with van der Waals surface area (Å²) in [5, 5.41) is 10.8. The number of Topliss-reactive ketones (excluding diaryl/α,β-unsaturated/α-hetero) is 1. The van der Waals surface area contributed by atoms with Crippen LogP contribution in [0.15, 0.2) is 60.2 Å². The summed E-state index contributed by atoms with van der Waals surface area (Å²) in [5.41, 5.74) is 1.08. The molecule has 0 aliphatic carbocycles. The maximum absolute atomic E-state index is 13.4. The molecule has 1 aliphatic rings. The van der Waals surface area contributed by atoms with Crippen molar-refractivity contribution in [3.05, 3.63) is 77.1 Å². The number of halogens is 1. The fraction of sp³-hybridized carbons (Fsp3) is 0.273. The van der Waals surface area contributed by atoms with Crippen LogP contribution in [0.5, 0.6) is 0 Å². The summed E-state index contributed by atoms with van der Waals surface area (Å²) in [5.74, 6) is -1.99. The SMILES string of the molecule is CN(C)CCCN1C(=O)C(=O)/C(=C(/O)c2ccccc2)[C@H]1c1ccc(F)cc1. The molecule has 3 rings (SSSR count). The molecule has 1 N–H and O–H groups in total. The van der Waals surface area contributed by atoms with Gasteiger partial charge in [0, 0.05) is 12.1 Å². The molecule has 1 heterocycles. The van der Waals surface area contributed by atoms with Gasteiger partial charge < -0.3 is 14.9 Å². The van der Waals surface area contributed by atoms with Crippen LogP contribution in [0.3, 0.4) is 0 Å². The molecule has 0 saturated carbocycles. The van der Waals surface area contributed by atoms with Crippen molar-refractivity contribution in [1.29, 1.82) is 0 Å². The van der Waals surface area contributed by atoms with Crippen molar-refractivity contribution in [2.75, 3.05) is 27.2 Å². The van der Waals surface area contributed by atoms with E-state index in [1.807, 2.05) is 19.0 Å². The van der Waals surface area contributed by atoms with Crippen molar-refractivity contribution in [2.24, 2.45) is 0 Å². The maximum Gasteiger partial charge on any atom is 0.295 e. The highest BCUT2D eigenvalue weighted by Crippen LogP contribution is 2.39. The lowest BCUT2D eigenvalue weighted by Gasteiger charge is -2.26. The quantitative estimate of drug-likeness (QED) is 0.474. The topological polar surface area (TPSA) is 60.9 Å². The molecule has 5 nitrogen and oxygen atoms in total. The fourth-order valence-corrected chi connectivity index (χ4v) is 3.41. The van der Waals surface area contributed by atoms with Gasteiger partial charge >= 0.3 is 0 Å². The van der Waals surface area contributed by atoms with Gasteiger partial charge in [-0.05, 0) is 44.8 Å². The molecule has 1 aliphatic heterocycles. The molecular weight excluding hydrogens is 359 g/mol. The van der Waals surface area contributed by atoms with Crippen molar-refractivity contribution in [2.45, 2.75) is 12.5 Å². The third-order valence-corrected chi connectivity index (χ3v) is 4.78. The lowest BCUT2D eigenvalue weighted by molar-refractivity contribution is -0.139. The normalized spacial score (nSPS) is 18.9. The van der Waals surface area contributed by atoms with Crippen molar-refractivity contribution in [1.82, 2.24) is 9.80 Å². The molecule has 146 valence electrons. The molecule has 2 aromatic rings. The van der Waals surface area contributed by atoms with Gasteiger partial charge in [-0.15, -0.1) is 0 Å². The highest BCUT2D eigenvalue weighted by Gasteiger charge is 2.45. The van der Waals surface area contributed by atoms with E-state index in [0.717, 1.165) is 6.54 Å². The summed E-state index contributed by atoms with van der Waals surface area (Å²) in [7, 11) is 3.86. The number of ketones is 1. The summed E-state index contributed by atoms with van der Waals surface area (Å²) in [6, 6.07) is 13.6. The summed E-state index contributed by atoms with van der Waals surface area (Å²) in [6.45, 7) is 1.11. The van der Waals surface area contributed by atoms with Crippen molar-refractivity contribution in [3.63, 3.8) is 0 Å². The van der Waals surface area contributed by atoms with E-state index in [0.29, 0.717) is 24.1 Å². The molecule has 0 aromatic heterocycles. The first kappa shape index (κ1) is 19.8. The molecule has 0 radical (unpaired) electrons. The minimum absolute atomic E-state index is 0.0349. The molecule has 6 heteroatoms. The number of rotatable bonds is 6.